The van der Waals surface area contributed by atoms with E-state index < -0.39 is 6.10 Å². The van der Waals surface area contributed by atoms with E-state index in [0.717, 1.165) is 20.9 Å². The Morgan fingerprint density at radius 3 is 2.54 bits per heavy atom. The second-order valence-corrected chi connectivity index (χ2v) is 6.95. The molecule has 1 heterocycles. The van der Waals surface area contributed by atoms with Gasteiger partial charge in [0.15, 0.2) is 0 Å². The molecule has 24 heavy (non-hydrogen) atoms. The van der Waals surface area contributed by atoms with E-state index in [1.165, 1.54) is 6.07 Å². The van der Waals surface area contributed by atoms with Crippen LogP contribution in [0.25, 0.3) is 10.4 Å². The molecular formula is C20H20FNOS. The van der Waals surface area contributed by atoms with Crippen molar-refractivity contribution in [2.45, 2.75) is 25.6 Å². The Bertz CT molecular complexity index is 785. The van der Waals surface area contributed by atoms with Crippen LogP contribution >= 0.6 is 11.3 Å². The zero-order chi connectivity index (χ0) is 16.9. The zero-order valence-corrected chi connectivity index (χ0v) is 14.3. The first-order valence-electron chi connectivity index (χ1n) is 7.94. The van der Waals surface area contributed by atoms with E-state index in [1.54, 1.807) is 30.4 Å². The Kier molecular flexibility index (Phi) is 5.41. The van der Waals surface area contributed by atoms with Gasteiger partial charge < -0.3 is 10.4 Å². The van der Waals surface area contributed by atoms with Crippen LogP contribution in [0.1, 0.15) is 23.4 Å². The number of hydrogen-bond acceptors (Lipinski definition) is 3. The van der Waals surface area contributed by atoms with Gasteiger partial charge in [-0.1, -0.05) is 42.5 Å². The third kappa shape index (κ3) is 4.09. The van der Waals surface area contributed by atoms with E-state index in [1.807, 2.05) is 48.5 Å². The fourth-order valence-corrected chi connectivity index (χ4v) is 3.66. The highest BCUT2D eigenvalue weighted by Crippen LogP contribution is 2.29. The van der Waals surface area contributed by atoms with Gasteiger partial charge in [-0.3, -0.25) is 0 Å². The van der Waals surface area contributed by atoms with Crippen LogP contribution in [0.3, 0.4) is 0 Å². The first-order chi connectivity index (χ1) is 11.6. The van der Waals surface area contributed by atoms with Gasteiger partial charge in [-0.15, -0.1) is 11.3 Å². The van der Waals surface area contributed by atoms with Gasteiger partial charge in [-0.05, 0) is 42.3 Å². The molecule has 0 aliphatic heterocycles. The largest absolute Gasteiger partial charge is 0.391 e. The van der Waals surface area contributed by atoms with Gasteiger partial charge in [-0.25, -0.2) is 4.39 Å². The summed E-state index contributed by atoms with van der Waals surface area (Å²) in [6.45, 7) is 2.45. The molecule has 3 aromatic rings. The van der Waals surface area contributed by atoms with Gasteiger partial charge in [0.1, 0.15) is 5.82 Å². The van der Waals surface area contributed by atoms with Gasteiger partial charge in [0.05, 0.1) is 12.1 Å². The summed E-state index contributed by atoms with van der Waals surface area (Å²) >= 11 is 1.63. The third-order valence-corrected chi connectivity index (χ3v) is 5.04. The molecule has 2 N–H and O–H groups in total. The van der Waals surface area contributed by atoms with Crippen LogP contribution < -0.4 is 5.32 Å². The summed E-state index contributed by atoms with van der Waals surface area (Å²) in [6.07, 6.45) is -0.491. The Hall–Kier alpha value is -2.01. The molecule has 3 rings (SSSR count). The number of aliphatic hydroxyl groups is 1. The monoisotopic (exact) mass is 341 g/mol. The summed E-state index contributed by atoms with van der Waals surface area (Å²) in [5.74, 6) is -0.223. The fraction of sp³-hybridized carbons (Fsp3) is 0.200. The topological polar surface area (TPSA) is 32.3 Å². The summed E-state index contributed by atoms with van der Waals surface area (Å²) in [5, 5.41) is 13.5. The molecule has 0 bridgehead atoms. The summed E-state index contributed by atoms with van der Waals surface area (Å²) in [5.41, 5.74) is 1.95. The predicted octanol–water partition coefficient (Wildman–Crippen LogP) is 4.77. The van der Waals surface area contributed by atoms with Crippen molar-refractivity contribution in [1.82, 2.24) is 5.32 Å². The second kappa shape index (κ2) is 7.71. The van der Waals surface area contributed by atoms with Crippen molar-refractivity contribution in [1.29, 1.82) is 0 Å². The Morgan fingerprint density at radius 2 is 1.83 bits per heavy atom. The molecule has 0 fully saturated rings. The standard InChI is InChI=1S/C20H20FNOS/c1-14(23)20(15-6-3-2-4-7-15)22-13-18-10-11-19(24-18)16-8-5-9-17(21)12-16/h2-12,14,20,22-23H,13H2,1H3. The van der Waals surface area contributed by atoms with E-state index in [0.29, 0.717) is 6.54 Å². The van der Waals surface area contributed by atoms with Crippen LogP contribution in [0.4, 0.5) is 4.39 Å². The predicted molar refractivity (Wildman–Crippen MR) is 97.4 cm³/mol. The van der Waals surface area contributed by atoms with Crippen molar-refractivity contribution < 1.29 is 9.50 Å². The first kappa shape index (κ1) is 16.8. The van der Waals surface area contributed by atoms with Gasteiger partial charge in [-0.2, -0.15) is 0 Å². The molecule has 4 heteroatoms. The molecule has 2 nitrogen and oxygen atoms in total. The zero-order valence-electron chi connectivity index (χ0n) is 13.4. The minimum Gasteiger partial charge on any atom is -0.391 e. The smallest absolute Gasteiger partial charge is 0.123 e. The van der Waals surface area contributed by atoms with Crippen molar-refractivity contribution in [3.05, 3.63) is 83.0 Å². The average molecular weight is 341 g/mol. The first-order valence-corrected chi connectivity index (χ1v) is 8.76. The Balaban J connectivity index is 1.70. The molecule has 1 aromatic heterocycles. The SMILES string of the molecule is CC(O)C(NCc1ccc(-c2cccc(F)c2)s1)c1ccccc1. The molecular weight excluding hydrogens is 321 g/mol. The van der Waals surface area contributed by atoms with Crippen molar-refractivity contribution in [2.75, 3.05) is 0 Å². The second-order valence-electron chi connectivity index (χ2n) is 5.79. The summed E-state index contributed by atoms with van der Waals surface area (Å²) in [4.78, 5) is 2.19. The molecule has 0 aliphatic rings. The lowest BCUT2D eigenvalue weighted by atomic mass is 10.0. The molecule has 0 amide bonds. The average Bonchev–Trinajstić information content (AvgIpc) is 3.05. The molecule has 0 saturated carbocycles. The van der Waals surface area contributed by atoms with Crippen LogP contribution in [-0.2, 0) is 6.54 Å². The van der Waals surface area contributed by atoms with Crippen LogP contribution in [0.2, 0.25) is 0 Å². The van der Waals surface area contributed by atoms with E-state index in [9.17, 15) is 9.50 Å². The molecule has 2 atom stereocenters. The minimum atomic E-state index is -0.491. The fourth-order valence-electron chi connectivity index (χ4n) is 2.71. The number of aliphatic hydroxyl groups excluding tert-OH is 1. The molecule has 2 unspecified atom stereocenters. The Labute approximate surface area is 145 Å². The highest BCUT2D eigenvalue weighted by atomic mass is 32.1. The van der Waals surface area contributed by atoms with Crippen LogP contribution in [-0.4, -0.2) is 11.2 Å². The van der Waals surface area contributed by atoms with Crippen molar-refractivity contribution in [3.8, 4) is 10.4 Å². The van der Waals surface area contributed by atoms with Crippen LogP contribution in [0.5, 0.6) is 0 Å². The lowest BCUT2D eigenvalue weighted by Crippen LogP contribution is -2.29. The summed E-state index contributed by atoms with van der Waals surface area (Å²) in [6, 6.07) is 20.5. The van der Waals surface area contributed by atoms with Crippen LogP contribution in [0, 0.1) is 5.82 Å². The van der Waals surface area contributed by atoms with Crippen molar-refractivity contribution >= 4 is 11.3 Å². The quantitative estimate of drug-likeness (QED) is 0.677. The Morgan fingerprint density at radius 1 is 1.04 bits per heavy atom. The number of benzene rings is 2. The molecule has 0 radical (unpaired) electrons. The van der Waals surface area contributed by atoms with Crippen molar-refractivity contribution in [2.24, 2.45) is 0 Å². The molecule has 124 valence electrons. The number of rotatable bonds is 6. The highest BCUT2D eigenvalue weighted by Gasteiger charge is 2.16. The number of thiophene rings is 1. The van der Waals surface area contributed by atoms with Gasteiger partial charge >= 0.3 is 0 Å². The normalized spacial score (nSPS) is 13.6. The maximum atomic E-state index is 13.4. The van der Waals surface area contributed by atoms with E-state index >= 15 is 0 Å². The van der Waals surface area contributed by atoms with Gasteiger partial charge in [0, 0.05) is 16.3 Å². The third-order valence-electron chi connectivity index (χ3n) is 3.91. The lowest BCUT2D eigenvalue weighted by Gasteiger charge is -2.21. The molecule has 0 saturated heterocycles. The van der Waals surface area contributed by atoms with E-state index in [4.69, 9.17) is 0 Å². The van der Waals surface area contributed by atoms with Gasteiger partial charge in [0.2, 0.25) is 0 Å². The number of hydrogen-bond donors (Lipinski definition) is 2. The number of nitrogens with one attached hydrogen (secondary N) is 1. The van der Waals surface area contributed by atoms with Crippen molar-refractivity contribution in [3.63, 3.8) is 0 Å². The van der Waals surface area contributed by atoms with Crippen LogP contribution in [0.15, 0.2) is 66.7 Å². The molecule has 2 aromatic carbocycles. The minimum absolute atomic E-state index is 0.120. The maximum absolute atomic E-state index is 13.4. The van der Waals surface area contributed by atoms with E-state index in [2.05, 4.69) is 5.32 Å². The highest BCUT2D eigenvalue weighted by molar-refractivity contribution is 7.15. The summed E-state index contributed by atoms with van der Waals surface area (Å²) < 4.78 is 13.4. The molecule has 0 aliphatic carbocycles. The van der Waals surface area contributed by atoms with E-state index in [-0.39, 0.29) is 11.9 Å². The summed E-state index contributed by atoms with van der Waals surface area (Å²) in [7, 11) is 0. The molecule has 0 spiro atoms. The maximum Gasteiger partial charge on any atom is 0.123 e. The lowest BCUT2D eigenvalue weighted by molar-refractivity contribution is 0.145. The van der Waals surface area contributed by atoms with Gasteiger partial charge in [0.25, 0.3) is 0 Å². The number of halogens is 1.